The smallest absolute Gasteiger partial charge is 0.325 e. The summed E-state index contributed by atoms with van der Waals surface area (Å²) >= 11 is 0. The van der Waals surface area contributed by atoms with Gasteiger partial charge < -0.3 is 14.5 Å². The molecular formula is C5H12NO5P. The Morgan fingerprint density at radius 3 is 2.50 bits per heavy atom. The Labute approximate surface area is 69.9 Å². The second kappa shape index (κ2) is 5.27. The largest absolute Gasteiger partial charge is 0.450 e. The summed E-state index contributed by atoms with van der Waals surface area (Å²) in [5, 5.41) is 0. The Morgan fingerprint density at radius 2 is 2.08 bits per heavy atom. The fourth-order valence-electron chi connectivity index (χ4n) is 0.594. The minimum absolute atomic E-state index is 0.0116. The summed E-state index contributed by atoms with van der Waals surface area (Å²) in [6, 6.07) is 0. The predicted molar refractivity (Wildman–Crippen MR) is 41.3 cm³/mol. The molecule has 0 aliphatic rings. The topological polar surface area (TPSA) is 110 Å². The summed E-state index contributed by atoms with van der Waals surface area (Å²) in [6.45, 7) is -0.200. The van der Waals surface area contributed by atoms with E-state index in [1.54, 1.807) is 0 Å². The number of hydrogen-bond acceptors (Lipinski definition) is 4. The first-order chi connectivity index (χ1) is 5.45. The van der Waals surface area contributed by atoms with Gasteiger partial charge in [0.2, 0.25) is 0 Å². The van der Waals surface area contributed by atoms with Crippen molar-refractivity contribution in [3.8, 4) is 0 Å². The van der Waals surface area contributed by atoms with E-state index in [-0.39, 0.29) is 25.7 Å². The van der Waals surface area contributed by atoms with Crippen molar-refractivity contribution < 1.29 is 23.9 Å². The van der Waals surface area contributed by atoms with Crippen LogP contribution in [0, 0.1) is 0 Å². The Kier molecular flexibility index (Phi) is 5.08. The molecule has 0 aromatic carbocycles. The Morgan fingerprint density at radius 1 is 1.50 bits per heavy atom. The number of nitrogens with two attached hydrogens (primary N) is 1. The molecule has 0 aromatic heterocycles. The van der Waals surface area contributed by atoms with E-state index in [4.69, 9.17) is 15.5 Å². The van der Waals surface area contributed by atoms with Crippen LogP contribution in [0.1, 0.15) is 12.8 Å². The van der Waals surface area contributed by atoms with Gasteiger partial charge in [-0.05, 0) is 6.42 Å². The Balaban J connectivity index is 3.44. The van der Waals surface area contributed by atoms with Crippen molar-refractivity contribution in [3.63, 3.8) is 0 Å². The van der Waals surface area contributed by atoms with Crippen LogP contribution in [0.25, 0.3) is 0 Å². The molecule has 72 valence electrons. The van der Waals surface area contributed by atoms with Crippen LogP contribution in [-0.4, -0.2) is 28.6 Å². The van der Waals surface area contributed by atoms with E-state index in [0.29, 0.717) is 0 Å². The molecule has 7 heteroatoms. The normalized spacial score (nSPS) is 11.2. The van der Waals surface area contributed by atoms with Gasteiger partial charge in [0.05, 0.1) is 6.16 Å². The molecule has 0 bridgehead atoms. The lowest BCUT2D eigenvalue weighted by Crippen LogP contribution is -2.11. The average Bonchev–Trinajstić information content (AvgIpc) is 1.84. The second-order valence-electron chi connectivity index (χ2n) is 2.17. The van der Waals surface area contributed by atoms with Crippen LogP contribution in [0.3, 0.4) is 0 Å². The first-order valence-electron chi connectivity index (χ1n) is 3.36. The SMILES string of the molecule is NCOC(=O)CCCP(=O)(O)O. The molecule has 6 nitrogen and oxygen atoms in total. The molecule has 4 N–H and O–H groups in total. The highest BCUT2D eigenvalue weighted by molar-refractivity contribution is 7.51. The molecule has 0 spiro atoms. The molecule has 0 aliphatic carbocycles. The summed E-state index contributed by atoms with van der Waals surface area (Å²) in [7, 11) is -3.98. The van der Waals surface area contributed by atoms with Crippen molar-refractivity contribution in [2.45, 2.75) is 12.8 Å². The van der Waals surface area contributed by atoms with Gasteiger partial charge in [0.25, 0.3) is 0 Å². The zero-order valence-corrected chi connectivity index (χ0v) is 7.37. The zero-order chi connectivity index (χ0) is 9.61. The fraction of sp³-hybridized carbons (Fsp3) is 0.800. The van der Waals surface area contributed by atoms with Gasteiger partial charge in [0.1, 0.15) is 6.73 Å². The number of hydrogen-bond donors (Lipinski definition) is 3. The number of esters is 1. The lowest BCUT2D eigenvalue weighted by Gasteiger charge is -2.02. The molecule has 0 rings (SSSR count). The monoisotopic (exact) mass is 197 g/mol. The van der Waals surface area contributed by atoms with Gasteiger partial charge in [-0.25, -0.2) is 0 Å². The molecule has 0 fully saturated rings. The van der Waals surface area contributed by atoms with E-state index < -0.39 is 13.6 Å². The van der Waals surface area contributed by atoms with E-state index in [0.717, 1.165) is 0 Å². The van der Waals surface area contributed by atoms with Crippen LogP contribution in [0.5, 0.6) is 0 Å². The third-order valence-electron chi connectivity index (χ3n) is 1.07. The molecule has 0 saturated carbocycles. The van der Waals surface area contributed by atoms with Crippen LogP contribution in [-0.2, 0) is 14.1 Å². The third-order valence-corrected chi connectivity index (χ3v) is 1.97. The maximum absolute atomic E-state index is 10.6. The molecule has 0 saturated heterocycles. The predicted octanol–water partition coefficient (Wildman–Crippen LogP) is -0.596. The van der Waals surface area contributed by atoms with Gasteiger partial charge in [-0.1, -0.05) is 0 Å². The van der Waals surface area contributed by atoms with Gasteiger partial charge in [0, 0.05) is 6.42 Å². The Hall–Kier alpha value is -0.420. The quantitative estimate of drug-likeness (QED) is 0.308. The molecule has 12 heavy (non-hydrogen) atoms. The highest BCUT2D eigenvalue weighted by Crippen LogP contribution is 2.35. The molecule has 0 aliphatic heterocycles. The highest BCUT2D eigenvalue weighted by atomic mass is 31.2. The van der Waals surface area contributed by atoms with E-state index >= 15 is 0 Å². The first-order valence-corrected chi connectivity index (χ1v) is 5.16. The van der Waals surface area contributed by atoms with E-state index in [1.165, 1.54) is 0 Å². The Bertz CT molecular complexity index is 188. The van der Waals surface area contributed by atoms with Gasteiger partial charge in [-0.2, -0.15) is 0 Å². The van der Waals surface area contributed by atoms with Gasteiger partial charge in [-0.15, -0.1) is 0 Å². The van der Waals surface area contributed by atoms with Crippen molar-refractivity contribution >= 4 is 13.6 Å². The standard InChI is InChI=1S/C5H12NO5P/c6-4-11-5(7)2-1-3-12(8,9)10/h1-4,6H2,(H2,8,9,10). The van der Waals surface area contributed by atoms with Crippen molar-refractivity contribution in [3.05, 3.63) is 0 Å². The summed E-state index contributed by atoms with van der Waals surface area (Å²) < 4.78 is 14.6. The molecule has 0 heterocycles. The summed E-state index contributed by atoms with van der Waals surface area (Å²) in [4.78, 5) is 27.4. The van der Waals surface area contributed by atoms with Gasteiger partial charge in [-0.3, -0.25) is 15.1 Å². The summed E-state index contributed by atoms with van der Waals surface area (Å²) in [6.07, 6.45) is -0.196. The van der Waals surface area contributed by atoms with Gasteiger partial charge in [0.15, 0.2) is 0 Å². The van der Waals surface area contributed by atoms with Crippen molar-refractivity contribution in [1.29, 1.82) is 0 Å². The highest BCUT2D eigenvalue weighted by Gasteiger charge is 2.13. The minimum atomic E-state index is -3.98. The summed E-state index contributed by atoms with van der Waals surface area (Å²) in [5.74, 6) is -0.536. The lowest BCUT2D eigenvalue weighted by molar-refractivity contribution is -0.143. The zero-order valence-electron chi connectivity index (χ0n) is 6.47. The van der Waals surface area contributed by atoms with Crippen LogP contribution >= 0.6 is 7.60 Å². The summed E-state index contributed by atoms with van der Waals surface area (Å²) in [5.41, 5.74) is 4.89. The van der Waals surface area contributed by atoms with Crippen LogP contribution in [0.4, 0.5) is 0 Å². The van der Waals surface area contributed by atoms with Crippen molar-refractivity contribution in [2.24, 2.45) is 5.73 Å². The van der Waals surface area contributed by atoms with Gasteiger partial charge >= 0.3 is 13.6 Å². The first kappa shape index (κ1) is 11.6. The second-order valence-corrected chi connectivity index (χ2v) is 3.95. The minimum Gasteiger partial charge on any atom is -0.450 e. The number of ether oxygens (including phenoxy) is 1. The molecule has 0 aromatic rings. The van der Waals surface area contributed by atoms with Crippen LogP contribution in [0.2, 0.25) is 0 Å². The average molecular weight is 197 g/mol. The lowest BCUT2D eigenvalue weighted by atomic mass is 10.3. The van der Waals surface area contributed by atoms with E-state index in [2.05, 4.69) is 4.74 Å². The van der Waals surface area contributed by atoms with E-state index in [1.807, 2.05) is 0 Å². The maximum atomic E-state index is 10.6. The van der Waals surface area contributed by atoms with Crippen molar-refractivity contribution in [2.75, 3.05) is 12.9 Å². The van der Waals surface area contributed by atoms with Crippen molar-refractivity contribution in [1.82, 2.24) is 0 Å². The number of rotatable bonds is 5. The van der Waals surface area contributed by atoms with Crippen LogP contribution < -0.4 is 5.73 Å². The molecule has 0 radical (unpaired) electrons. The maximum Gasteiger partial charge on any atom is 0.325 e. The third kappa shape index (κ3) is 7.68. The fourth-order valence-corrected chi connectivity index (χ4v) is 1.16. The van der Waals surface area contributed by atoms with E-state index in [9.17, 15) is 9.36 Å². The van der Waals surface area contributed by atoms with Crippen LogP contribution in [0.15, 0.2) is 0 Å². The molecule has 0 unspecified atom stereocenters. The number of carbonyl (C=O) groups excluding carboxylic acids is 1. The molecular weight excluding hydrogens is 185 g/mol. The molecule has 0 atom stereocenters. The molecule has 0 amide bonds. The number of carbonyl (C=O) groups is 1.